The van der Waals surface area contributed by atoms with E-state index in [1.807, 2.05) is 6.92 Å². The van der Waals surface area contributed by atoms with Crippen molar-refractivity contribution in [3.63, 3.8) is 0 Å². The summed E-state index contributed by atoms with van der Waals surface area (Å²) in [5.74, 6) is 0.894. The molecule has 118 valence electrons. The summed E-state index contributed by atoms with van der Waals surface area (Å²) in [5, 5.41) is 0. The van der Waals surface area contributed by atoms with Crippen LogP contribution in [0, 0.1) is 17.2 Å². The Kier molecular flexibility index (Phi) is 4.64. The van der Waals surface area contributed by atoms with Gasteiger partial charge < -0.3 is 15.2 Å². The first-order chi connectivity index (χ1) is 9.80. The second-order valence-electron chi connectivity index (χ2n) is 6.91. The maximum Gasteiger partial charge on any atom is 0.167 e. The minimum absolute atomic E-state index is 0.117. The Balaban J connectivity index is 2.17. The molecule has 2 unspecified atom stereocenters. The van der Waals surface area contributed by atoms with Gasteiger partial charge in [0.25, 0.3) is 0 Å². The molecular formula is C17H26FNO2. The summed E-state index contributed by atoms with van der Waals surface area (Å²) in [5.41, 5.74) is 6.47. The minimum Gasteiger partial charge on any atom is -0.491 e. The largest absolute Gasteiger partial charge is 0.491 e. The highest BCUT2D eigenvalue weighted by Crippen LogP contribution is 2.41. The molecule has 3 nitrogen and oxygen atoms in total. The molecule has 0 aromatic heterocycles. The predicted molar refractivity (Wildman–Crippen MR) is 83.2 cm³/mol. The molecular weight excluding hydrogens is 269 g/mol. The third-order valence-electron chi connectivity index (χ3n) is 4.00. The Labute approximate surface area is 126 Å². The van der Waals surface area contributed by atoms with Crippen LogP contribution in [0.2, 0.25) is 0 Å². The van der Waals surface area contributed by atoms with Gasteiger partial charge in [-0.3, -0.25) is 0 Å². The number of anilines is 1. The van der Waals surface area contributed by atoms with E-state index in [9.17, 15) is 4.39 Å². The van der Waals surface area contributed by atoms with E-state index in [1.54, 1.807) is 6.07 Å². The summed E-state index contributed by atoms with van der Waals surface area (Å²) in [6.45, 7) is 9.00. The number of rotatable bonds is 4. The van der Waals surface area contributed by atoms with Crippen molar-refractivity contribution < 1.29 is 13.9 Å². The Morgan fingerprint density at radius 2 is 2.00 bits per heavy atom. The third-order valence-corrected chi connectivity index (χ3v) is 4.00. The first-order valence-electron chi connectivity index (χ1n) is 7.69. The van der Waals surface area contributed by atoms with Crippen molar-refractivity contribution in [1.29, 1.82) is 0 Å². The second kappa shape index (κ2) is 6.12. The van der Waals surface area contributed by atoms with Gasteiger partial charge in [0.1, 0.15) is 5.75 Å². The molecule has 1 aromatic rings. The summed E-state index contributed by atoms with van der Waals surface area (Å²) >= 11 is 0. The van der Waals surface area contributed by atoms with Crippen molar-refractivity contribution in [2.24, 2.45) is 11.3 Å². The number of hydrogen-bond donors (Lipinski definition) is 1. The molecule has 4 heteroatoms. The molecule has 1 aliphatic rings. The molecule has 0 aliphatic heterocycles. The van der Waals surface area contributed by atoms with E-state index >= 15 is 0 Å². The van der Waals surface area contributed by atoms with Crippen molar-refractivity contribution in [1.82, 2.24) is 0 Å². The van der Waals surface area contributed by atoms with Crippen LogP contribution in [0.5, 0.6) is 11.5 Å². The van der Waals surface area contributed by atoms with Crippen LogP contribution in [-0.4, -0.2) is 12.7 Å². The molecule has 1 aromatic carbocycles. The maximum atomic E-state index is 13.7. The zero-order chi connectivity index (χ0) is 15.6. The molecule has 0 spiro atoms. The van der Waals surface area contributed by atoms with E-state index in [2.05, 4.69) is 20.8 Å². The van der Waals surface area contributed by atoms with E-state index in [4.69, 9.17) is 15.2 Å². The molecule has 21 heavy (non-hydrogen) atoms. The predicted octanol–water partition coefficient (Wildman–Crippen LogP) is 4.40. The molecule has 0 bridgehead atoms. The van der Waals surface area contributed by atoms with Crippen LogP contribution in [0.1, 0.15) is 47.0 Å². The molecule has 0 heterocycles. The summed E-state index contributed by atoms with van der Waals surface area (Å²) in [4.78, 5) is 0. The summed E-state index contributed by atoms with van der Waals surface area (Å²) in [7, 11) is 0. The van der Waals surface area contributed by atoms with E-state index in [1.165, 1.54) is 12.5 Å². The quantitative estimate of drug-likeness (QED) is 0.837. The zero-order valence-electron chi connectivity index (χ0n) is 13.4. The van der Waals surface area contributed by atoms with Crippen LogP contribution in [0.4, 0.5) is 10.1 Å². The summed E-state index contributed by atoms with van der Waals surface area (Å²) in [6.07, 6.45) is 3.31. The second-order valence-corrected chi connectivity index (χ2v) is 6.91. The first kappa shape index (κ1) is 15.9. The van der Waals surface area contributed by atoms with Crippen molar-refractivity contribution in [3.05, 3.63) is 17.9 Å². The fourth-order valence-corrected chi connectivity index (χ4v) is 3.45. The van der Waals surface area contributed by atoms with E-state index in [0.29, 0.717) is 24.0 Å². The Hall–Kier alpha value is -1.45. The summed E-state index contributed by atoms with van der Waals surface area (Å²) in [6, 6.07) is 2.85. The van der Waals surface area contributed by atoms with E-state index in [-0.39, 0.29) is 17.3 Å². The lowest BCUT2D eigenvalue weighted by atomic mass is 9.71. The van der Waals surface area contributed by atoms with Crippen LogP contribution in [0.25, 0.3) is 0 Å². The van der Waals surface area contributed by atoms with Gasteiger partial charge in [-0.2, -0.15) is 0 Å². The normalized spacial score (nSPS) is 24.6. The highest BCUT2D eigenvalue weighted by atomic mass is 19.1. The Morgan fingerprint density at radius 3 is 2.62 bits per heavy atom. The maximum absolute atomic E-state index is 13.7. The van der Waals surface area contributed by atoms with Gasteiger partial charge >= 0.3 is 0 Å². The van der Waals surface area contributed by atoms with Crippen molar-refractivity contribution in [2.45, 2.75) is 53.1 Å². The zero-order valence-corrected chi connectivity index (χ0v) is 13.4. The number of ether oxygens (including phenoxy) is 2. The standard InChI is InChI=1S/C17H26FNO2/c1-5-20-15-8-16(14(19)7-13(15)18)21-12-6-11(2)9-17(3,4)10-12/h7-8,11-12H,5-6,9-10,19H2,1-4H3. The number of halogens is 1. The van der Waals surface area contributed by atoms with Crippen molar-refractivity contribution >= 4 is 5.69 Å². The van der Waals surface area contributed by atoms with Gasteiger partial charge in [-0.05, 0) is 37.5 Å². The van der Waals surface area contributed by atoms with Crippen LogP contribution < -0.4 is 15.2 Å². The fraction of sp³-hybridized carbons (Fsp3) is 0.647. The van der Waals surface area contributed by atoms with Crippen LogP contribution in [0.15, 0.2) is 12.1 Å². The van der Waals surface area contributed by atoms with Gasteiger partial charge in [-0.15, -0.1) is 0 Å². The van der Waals surface area contributed by atoms with Gasteiger partial charge in [0, 0.05) is 12.1 Å². The van der Waals surface area contributed by atoms with Gasteiger partial charge in [-0.25, -0.2) is 4.39 Å². The van der Waals surface area contributed by atoms with E-state index < -0.39 is 5.82 Å². The SMILES string of the molecule is CCOc1cc(OC2CC(C)CC(C)(C)C2)c(N)cc1F. The van der Waals surface area contributed by atoms with E-state index in [0.717, 1.165) is 12.8 Å². The van der Waals surface area contributed by atoms with Crippen molar-refractivity contribution in [3.8, 4) is 11.5 Å². The lowest BCUT2D eigenvalue weighted by Gasteiger charge is -2.39. The third kappa shape index (κ3) is 4.02. The molecule has 0 amide bonds. The number of hydrogen-bond acceptors (Lipinski definition) is 3. The van der Waals surface area contributed by atoms with Crippen LogP contribution in [0.3, 0.4) is 0 Å². The fourth-order valence-electron chi connectivity index (χ4n) is 3.45. The monoisotopic (exact) mass is 295 g/mol. The smallest absolute Gasteiger partial charge is 0.167 e. The number of nitrogen functional groups attached to an aromatic ring is 1. The molecule has 0 radical (unpaired) electrons. The minimum atomic E-state index is -0.445. The highest BCUT2D eigenvalue weighted by Gasteiger charge is 2.33. The Bertz CT molecular complexity index is 502. The lowest BCUT2D eigenvalue weighted by Crippen LogP contribution is -2.34. The van der Waals surface area contributed by atoms with Gasteiger partial charge in [-0.1, -0.05) is 20.8 Å². The average molecular weight is 295 g/mol. The number of benzene rings is 1. The summed E-state index contributed by atoms with van der Waals surface area (Å²) < 4.78 is 25.1. The molecule has 2 atom stereocenters. The Morgan fingerprint density at radius 1 is 1.29 bits per heavy atom. The molecule has 1 aliphatic carbocycles. The molecule has 0 saturated heterocycles. The average Bonchev–Trinajstić information content (AvgIpc) is 2.32. The first-order valence-corrected chi connectivity index (χ1v) is 7.69. The molecule has 2 rings (SSSR count). The number of nitrogens with two attached hydrogens (primary N) is 1. The van der Waals surface area contributed by atoms with Crippen LogP contribution >= 0.6 is 0 Å². The highest BCUT2D eigenvalue weighted by molar-refractivity contribution is 5.56. The lowest BCUT2D eigenvalue weighted by molar-refractivity contribution is 0.0565. The van der Waals surface area contributed by atoms with Gasteiger partial charge in [0.2, 0.25) is 0 Å². The topological polar surface area (TPSA) is 44.5 Å². The molecule has 2 N–H and O–H groups in total. The molecule has 1 fully saturated rings. The van der Waals surface area contributed by atoms with Crippen molar-refractivity contribution in [2.75, 3.05) is 12.3 Å². The van der Waals surface area contributed by atoms with Gasteiger partial charge in [0.15, 0.2) is 11.6 Å². The molecule has 1 saturated carbocycles. The van der Waals surface area contributed by atoms with Crippen LogP contribution in [-0.2, 0) is 0 Å². The van der Waals surface area contributed by atoms with Gasteiger partial charge in [0.05, 0.1) is 18.4 Å².